The van der Waals surface area contributed by atoms with Crippen molar-refractivity contribution >= 4 is 0 Å². The molecule has 0 fully saturated rings. The Morgan fingerprint density at radius 1 is 0.588 bits per heavy atom. The van der Waals surface area contributed by atoms with Crippen molar-refractivity contribution in [1.82, 2.24) is 0 Å². The molecule has 0 aromatic heterocycles. The Labute approximate surface area is 111 Å². The fourth-order valence-electron chi connectivity index (χ4n) is 2.92. The van der Waals surface area contributed by atoms with Gasteiger partial charge in [-0.3, -0.25) is 0 Å². The molecule has 0 aromatic rings. The number of hydrogen-bond donors (Lipinski definition) is 0. The molecule has 0 aromatic carbocycles. The summed E-state index contributed by atoms with van der Waals surface area (Å²) in [7, 11) is 0. The zero-order valence-electron chi connectivity index (χ0n) is 12.9. The van der Waals surface area contributed by atoms with E-state index < -0.39 is 0 Å². The van der Waals surface area contributed by atoms with Crippen LogP contribution in [0.1, 0.15) is 98.3 Å². The van der Waals surface area contributed by atoms with Crippen LogP contribution < -0.4 is 0 Å². The van der Waals surface area contributed by atoms with Crippen LogP contribution in [0.25, 0.3) is 0 Å². The summed E-state index contributed by atoms with van der Waals surface area (Å²) in [5.74, 6) is 2.03. The largest absolute Gasteiger partial charge is 0.0654 e. The third-order valence-electron chi connectivity index (χ3n) is 4.12. The highest BCUT2D eigenvalue weighted by atomic mass is 14.2. The third-order valence-corrected chi connectivity index (χ3v) is 4.12. The summed E-state index contributed by atoms with van der Waals surface area (Å²) in [5.41, 5.74) is 0. The van der Waals surface area contributed by atoms with Gasteiger partial charge in [0.2, 0.25) is 0 Å². The topological polar surface area (TPSA) is 0 Å². The minimum atomic E-state index is 1.01. The average Bonchev–Trinajstić information content (AvgIpc) is 2.35. The highest BCUT2D eigenvalue weighted by molar-refractivity contribution is 4.66. The van der Waals surface area contributed by atoms with Crippen molar-refractivity contribution in [2.24, 2.45) is 11.8 Å². The van der Waals surface area contributed by atoms with E-state index in [1.54, 1.807) is 0 Å². The minimum absolute atomic E-state index is 1.01. The van der Waals surface area contributed by atoms with E-state index in [0.717, 1.165) is 11.8 Å². The monoisotopic (exact) mass is 240 g/mol. The van der Waals surface area contributed by atoms with Crippen LogP contribution in [-0.2, 0) is 0 Å². The summed E-state index contributed by atoms with van der Waals surface area (Å²) in [6.07, 6.45) is 15.8. The fraction of sp³-hybridized carbons (Fsp3) is 1.00. The highest BCUT2D eigenvalue weighted by Crippen LogP contribution is 2.28. The maximum atomic E-state index is 2.39. The summed E-state index contributed by atoms with van der Waals surface area (Å²) in [6.45, 7) is 9.36. The molecule has 0 saturated heterocycles. The molecule has 0 N–H and O–H groups in total. The lowest BCUT2D eigenvalue weighted by Crippen LogP contribution is -2.09. The molecule has 0 spiro atoms. The first kappa shape index (κ1) is 17.0. The van der Waals surface area contributed by atoms with Gasteiger partial charge >= 0.3 is 0 Å². The number of rotatable bonds is 12. The van der Waals surface area contributed by atoms with Gasteiger partial charge in [-0.05, 0) is 18.3 Å². The Morgan fingerprint density at radius 3 is 1.76 bits per heavy atom. The van der Waals surface area contributed by atoms with Crippen molar-refractivity contribution in [2.45, 2.75) is 98.3 Å². The predicted octanol–water partition coefficient (Wildman–Crippen LogP) is 6.59. The third kappa shape index (κ3) is 9.68. The zero-order chi connectivity index (χ0) is 12.9. The van der Waals surface area contributed by atoms with Crippen molar-refractivity contribution < 1.29 is 0 Å². The van der Waals surface area contributed by atoms with Crippen LogP contribution in [-0.4, -0.2) is 0 Å². The van der Waals surface area contributed by atoms with Crippen LogP contribution in [0, 0.1) is 11.8 Å². The molecule has 2 atom stereocenters. The molecule has 0 aliphatic rings. The molecule has 0 heteroatoms. The molecule has 104 valence electrons. The van der Waals surface area contributed by atoms with E-state index in [9.17, 15) is 0 Å². The lowest BCUT2D eigenvalue weighted by molar-refractivity contribution is 0.301. The van der Waals surface area contributed by atoms with Gasteiger partial charge in [0.05, 0.1) is 0 Å². The summed E-state index contributed by atoms with van der Waals surface area (Å²) < 4.78 is 0. The van der Waals surface area contributed by atoms with Crippen LogP contribution in [0.4, 0.5) is 0 Å². The maximum Gasteiger partial charge on any atom is -0.0412 e. The molecule has 0 aliphatic heterocycles. The summed E-state index contributed by atoms with van der Waals surface area (Å²) >= 11 is 0. The second-order valence-corrected chi connectivity index (χ2v) is 5.80. The van der Waals surface area contributed by atoms with Crippen LogP contribution in [0.2, 0.25) is 0 Å². The smallest absolute Gasteiger partial charge is 0.0412 e. The van der Waals surface area contributed by atoms with Crippen LogP contribution in [0.5, 0.6) is 0 Å². The minimum Gasteiger partial charge on any atom is -0.0654 e. The van der Waals surface area contributed by atoms with Crippen molar-refractivity contribution in [3.05, 3.63) is 0 Å². The molecule has 0 radical (unpaired) electrons. The van der Waals surface area contributed by atoms with E-state index >= 15 is 0 Å². The highest BCUT2D eigenvalue weighted by Gasteiger charge is 2.14. The van der Waals surface area contributed by atoms with Crippen LogP contribution >= 0.6 is 0 Å². The molecule has 0 saturated carbocycles. The number of unbranched alkanes of at least 4 members (excludes halogenated alkanes) is 3. The van der Waals surface area contributed by atoms with E-state index in [1.165, 1.54) is 70.6 Å². The molecule has 0 aliphatic carbocycles. The molecule has 17 heavy (non-hydrogen) atoms. The van der Waals surface area contributed by atoms with Gasteiger partial charge in [0.25, 0.3) is 0 Å². The molecule has 2 unspecified atom stereocenters. The summed E-state index contributed by atoms with van der Waals surface area (Å²) in [5, 5.41) is 0. The van der Waals surface area contributed by atoms with Gasteiger partial charge in [-0.15, -0.1) is 0 Å². The normalized spacial score (nSPS) is 14.8. The van der Waals surface area contributed by atoms with Gasteiger partial charge in [-0.2, -0.15) is 0 Å². The fourth-order valence-corrected chi connectivity index (χ4v) is 2.92. The van der Waals surface area contributed by atoms with Crippen molar-refractivity contribution in [1.29, 1.82) is 0 Å². The van der Waals surface area contributed by atoms with Gasteiger partial charge in [0, 0.05) is 0 Å². The van der Waals surface area contributed by atoms with Crippen molar-refractivity contribution in [2.75, 3.05) is 0 Å². The van der Waals surface area contributed by atoms with Crippen molar-refractivity contribution in [3.8, 4) is 0 Å². The van der Waals surface area contributed by atoms with Gasteiger partial charge in [0.15, 0.2) is 0 Å². The lowest BCUT2D eigenvalue weighted by atomic mass is 9.84. The summed E-state index contributed by atoms with van der Waals surface area (Å²) in [4.78, 5) is 0. The standard InChI is InChI=1S/C17H36/c1-5-9-11-14-16(8-4)15-17(12-7-3)13-10-6-2/h16-17H,5-15H2,1-4H3. The summed E-state index contributed by atoms with van der Waals surface area (Å²) in [6, 6.07) is 0. The maximum absolute atomic E-state index is 2.39. The Morgan fingerprint density at radius 2 is 1.24 bits per heavy atom. The lowest BCUT2D eigenvalue weighted by Gasteiger charge is -2.22. The molecular formula is C17H36. The molecule has 0 rings (SSSR count). The van der Waals surface area contributed by atoms with Gasteiger partial charge in [0.1, 0.15) is 0 Å². The second kappa shape index (κ2) is 12.5. The Kier molecular flexibility index (Phi) is 12.5. The van der Waals surface area contributed by atoms with Crippen LogP contribution in [0.3, 0.4) is 0 Å². The van der Waals surface area contributed by atoms with E-state index in [4.69, 9.17) is 0 Å². The van der Waals surface area contributed by atoms with E-state index in [0.29, 0.717) is 0 Å². The number of hydrogen-bond acceptors (Lipinski definition) is 0. The second-order valence-electron chi connectivity index (χ2n) is 5.80. The first-order valence-corrected chi connectivity index (χ1v) is 8.28. The Hall–Kier alpha value is 0. The SMILES string of the molecule is CCCCCC(CC)CC(CCC)CCCC. The molecule has 0 nitrogen and oxygen atoms in total. The average molecular weight is 240 g/mol. The first-order valence-electron chi connectivity index (χ1n) is 8.28. The van der Waals surface area contributed by atoms with Gasteiger partial charge < -0.3 is 0 Å². The molecule has 0 amide bonds. The van der Waals surface area contributed by atoms with E-state index in [-0.39, 0.29) is 0 Å². The predicted molar refractivity (Wildman–Crippen MR) is 80.5 cm³/mol. The molecular weight excluding hydrogens is 204 g/mol. The van der Waals surface area contributed by atoms with E-state index in [2.05, 4.69) is 27.7 Å². The zero-order valence-corrected chi connectivity index (χ0v) is 12.9. The van der Waals surface area contributed by atoms with Crippen LogP contribution in [0.15, 0.2) is 0 Å². The quantitative estimate of drug-likeness (QED) is 0.338. The molecule has 0 heterocycles. The first-order chi connectivity index (χ1) is 8.28. The Bertz CT molecular complexity index is 139. The Balaban J connectivity index is 3.89. The van der Waals surface area contributed by atoms with E-state index in [1.807, 2.05) is 0 Å². The van der Waals surface area contributed by atoms with Gasteiger partial charge in [-0.1, -0.05) is 91.9 Å². The van der Waals surface area contributed by atoms with Crippen molar-refractivity contribution in [3.63, 3.8) is 0 Å². The molecule has 0 bridgehead atoms. The van der Waals surface area contributed by atoms with Gasteiger partial charge in [-0.25, -0.2) is 0 Å².